The number of benzene rings is 1. The number of thioether (sulfide) groups is 1. The lowest BCUT2D eigenvalue weighted by Gasteiger charge is -2.28. The molecule has 0 radical (unpaired) electrons. The molecule has 1 fully saturated rings. The number of carbonyl (C=O) groups is 2. The van der Waals surface area contributed by atoms with Gasteiger partial charge in [0.2, 0.25) is 0 Å². The molecule has 1 aromatic carbocycles. The molecule has 0 saturated carbocycles. The fraction of sp³-hybridized carbons (Fsp3) is 0.400. The Hall–Kier alpha value is -2.25. The van der Waals surface area contributed by atoms with Crippen molar-refractivity contribution in [2.24, 2.45) is 5.92 Å². The number of aromatic carboxylic acids is 1. The number of rotatable bonds is 7. The molecule has 2 aromatic rings. The summed E-state index contributed by atoms with van der Waals surface area (Å²) >= 11 is 1.39. The van der Waals surface area contributed by atoms with Crippen LogP contribution in [0, 0.1) is 5.92 Å². The summed E-state index contributed by atoms with van der Waals surface area (Å²) in [6.45, 7) is 3.52. The summed E-state index contributed by atoms with van der Waals surface area (Å²) in [6.07, 6.45) is 3.27. The van der Waals surface area contributed by atoms with E-state index < -0.39 is 5.97 Å². The average Bonchev–Trinajstić information content (AvgIpc) is 3.16. The van der Waals surface area contributed by atoms with E-state index in [-0.39, 0.29) is 17.5 Å². The largest absolute Gasteiger partial charge is 0.478 e. The highest BCUT2D eigenvalue weighted by Crippen LogP contribution is 2.28. The molecule has 1 aliphatic heterocycles. The summed E-state index contributed by atoms with van der Waals surface area (Å²) < 4.78 is 10.7. The molecule has 6 nitrogen and oxygen atoms in total. The van der Waals surface area contributed by atoms with Crippen LogP contribution in [0.1, 0.15) is 46.2 Å². The zero-order chi connectivity index (χ0) is 19.2. The number of carbonyl (C=O) groups excluding carboxylic acids is 1. The molecule has 0 aliphatic carbocycles. The number of hydrogen-bond donors (Lipinski definition) is 2. The van der Waals surface area contributed by atoms with Crippen LogP contribution >= 0.6 is 11.8 Å². The molecule has 144 valence electrons. The molecular weight excluding hydrogens is 366 g/mol. The van der Waals surface area contributed by atoms with Crippen LogP contribution in [0.4, 0.5) is 0 Å². The molecule has 27 heavy (non-hydrogen) atoms. The second-order valence-electron chi connectivity index (χ2n) is 6.56. The molecule has 0 bridgehead atoms. The third-order valence-electron chi connectivity index (χ3n) is 4.80. The molecule has 2 N–H and O–H groups in total. The van der Waals surface area contributed by atoms with Crippen molar-refractivity contribution < 1.29 is 23.8 Å². The van der Waals surface area contributed by atoms with E-state index in [4.69, 9.17) is 9.15 Å². The van der Waals surface area contributed by atoms with Gasteiger partial charge >= 0.3 is 5.97 Å². The van der Waals surface area contributed by atoms with Gasteiger partial charge in [-0.05, 0) is 43.9 Å². The predicted molar refractivity (Wildman–Crippen MR) is 102 cm³/mol. The van der Waals surface area contributed by atoms with Gasteiger partial charge in [-0.2, -0.15) is 0 Å². The van der Waals surface area contributed by atoms with Crippen LogP contribution in [0.5, 0.6) is 0 Å². The number of carboxylic acids is 1. The molecular formula is C20H23NO5S. The van der Waals surface area contributed by atoms with Crippen molar-refractivity contribution in [1.82, 2.24) is 5.32 Å². The number of ether oxygens (including phenoxy) is 1. The van der Waals surface area contributed by atoms with Gasteiger partial charge < -0.3 is 19.6 Å². The minimum Gasteiger partial charge on any atom is -0.478 e. The summed E-state index contributed by atoms with van der Waals surface area (Å²) in [7, 11) is 0. The van der Waals surface area contributed by atoms with Gasteiger partial charge in [0, 0.05) is 24.2 Å². The minimum atomic E-state index is -1.02. The first-order chi connectivity index (χ1) is 13.1. The van der Waals surface area contributed by atoms with E-state index in [1.165, 1.54) is 24.1 Å². The van der Waals surface area contributed by atoms with Crippen LogP contribution < -0.4 is 5.32 Å². The van der Waals surface area contributed by atoms with Crippen molar-refractivity contribution in [3.05, 3.63) is 53.5 Å². The van der Waals surface area contributed by atoms with Crippen LogP contribution in [-0.2, 0) is 10.5 Å². The first-order valence-corrected chi connectivity index (χ1v) is 9.95. The Labute approximate surface area is 162 Å². The summed E-state index contributed by atoms with van der Waals surface area (Å²) in [5.41, 5.74) is 0.738. The fourth-order valence-corrected chi connectivity index (χ4v) is 4.19. The topological polar surface area (TPSA) is 88.8 Å². The van der Waals surface area contributed by atoms with Crippen molar-refractivity contribution in [2.75, 3.05) is 13.2 Å². The first-order valence-electron chi connectivity index (χ1n) is 8.96. The highest BCUT2D eigenvalue weighted by Gasteiger charge is 2.23. The number of carboxylic acid groups (broad SMARTS) is 1. The van der Waals surface area contributed by atoms with E-state index in [0.29, 0.717) is 23.0 Å². The lowest BCUT2D eigenvalue weighted by atomic mass is 9.93. The zero-order valence-electron chi connectivity index (χ0n) is 15.1. The highest BCUT2D eigenvalue weighted by atomic mass is 32.2. The van der Waals surface area contributed by atoms with Gasteiger partial charge in [0.05, 0.1) is 17.6 Å². The Bertz CT molecular complexity index is 797. The molecule has 1 amide bonds. The summed E-state index contributed by atoms with van der Waals surface area (Å²) in [4.78, 5) is 24.8. The zero-order valence-corrected chi connectivity index (χ0v) is 16.0. The normalized spacial score (nSPS) is 16.0. The van der Waals surface area contributed by atoms with Gasteiger partial charge in [0.1, 0.15) is 11.3 Å². The minimum absolute atomic E-state index is 0.0724. The maximum Gasteiger partial charge on any atom is 0.339 e. The predicted octanol–water partition coefficient (Wildman–Crippen LogP) is 3.82. The summed E-state index contributed by atoms with van der Waals surface area (Å²) in [5.74, 6) is 0.0155. The van der Waals surface area contributed by atoms with Gasteiger partial charge in [-0.1, -0.05) is 12.1 Å². The maximum absolute atomic E-state index is 12.8. The average molecular weight is 389 g/mol. The standard InChI is InChI=1S/C20H23NO5S/c1-13(14-6-9-25-10-7-14)21-19(22)16-4-2-3-5-18(16)27-12-17-15(20(23)24)8-11-26-17/h2-5,8,11,13-14H,6-7,9-10,12H2,1H3,(H,21,22)(H,23,24). The van der Waals surface area contributed by atoms with Crippen LogP contribution in [0.2, 0.25) is 0 Å². The molecule has 1 atom stereocenters. The van der Waals surface area contributed by atoms with Crippen LogP contribution in [0.25, 0.3) is 0 Å². The van der Waals surface area contributed by atoms with E-state index >= 15 is 0 Å². The lowest BCUT2D eigenvalue weighted by molar-refractivity contribution is 0.0538. The van der Waals surface area contributed by atoms with Gasteiger partial charge in [-0.25, -0.2) is 4.79 Å². The van der Waals surface area contributed by atoms with Gasteiger partial charge in [-0.15, -0.1) is 11.8 Å². The number of nitrogens with one attached hydrogen (secondary N) is 1. The Balaban J connectivity index is 1.66. The first kappa shape index (κ1) is 19.5. The van der Waals surface area contributed by atoms with Crippen LogP contribution in [0.15, 0.2) is 45.9 Å². The van der Waals surface area contributed by atoms with Gasteiger partial charge in [0.25, 0.3) is 5.91 Å². The maximum atomic E-state index is 12.8. The molecule has 1 unspecified atom stereocenters. The Morgan fingerprint density at radius 3 is 2.70 bits per heavy atom. The molecule has 1 aliphatic rings. The number of amides is 1. The van der Waals surface area contributed by atoms with Crippen molar-refractivity contribution in [3.63, 3.8) is 0 Å². The van der Waals surface area contributed by atoms with Crippen molar-refractivity contribution in [3.8, 4) is 0 Å². The smallest absolute Gasteiger partial charge is 0.339 e. The Kier molecular flexibility index (Phi) is 6.58. The van der Waals surface area contributed by atoms with Crippen molar-refractivity contribution in [2.45, 2.75) is 36.5 Å². The van der Waals surface area contributed by atoms with E-state index in [2.05, 4.69) is 5.32 Å². The molecule has 1 aromatic heterocycles. The number of furan rings is 1. The van der Waals surface area contributed by atoms with Gasteiger partial charge in [-0.3, -0.25) is 4.79 Å². The lowest BCUT2D eigenvalue weighted by Crippen LogP contribution is -2.40. The third-order valence-corrected chi connectivity index (χ3v) is 5.87. The van der Waals surface area contributed by atoms with E-state index in [1.807, 2.05) is 25.1 Å². The quantitative estimate of drug-likeness (QED) is 0.700. The summed E-state index contributed by atoms with van der Waals surface area (Å²) in [6, 6.07) is 8.85. The molecule has 3 rings (SSSR count). The number of hydrogen-bond acceptors (Lipinski definition) is 5. The second-order valence-corrected chi connectivity index (χ2v) is 7.58. The monoisotopic (exact) mass is 389 g/mol. The third kappa shape index (κ3) is 4.93. The van der Waals surface area contributed by atoms with E-state index in [0.717, 1.165) is 31.0 Å². The molecule has 0 spiro atoms. The summed E-state index contributed by atoms with van der Waals surface area (Å²) in [5, 5.41) is 12.3. The van der Waals surface area contributed by atoms with E-state index in [9.17, 15) is 14.7 Å². The van der Waals surface area contributed by atoms with Crippen molar-refractivity contribution in [1.29, 1.82) is 0 Å². The Morgan fingerprint density at radius 1 is 1.22 bits per heavy atom. The molecule has 7 heteroatoms. The van der Waals surface area contributed by atoms with Crippen LogP contribution in [-0.4, -0.2) is 36.2 Å². The molecule has 2 heterocycles. The van der Waals surface area contributed by atoms with Crippen molar-refractivity contribution >= 4 is 23.6 Å². The SMILES string of the molecule is CC(NC(=O)c1ccccc1SCc1occc1C(=O)O)C1CCOCC1. The second kappa shape index (κ2) is 9.10. The fourth-order valence-electron chi connectivity index (χ4n) is 3.18. The Morgan fingerprint density at radius 2 is 1.96 bits per heavy atom. The highest BCUT2D eigenvalue weighted by molar-refractivity contribution is 7.98. The van der Waals surface area contributed by atoms with Gasteiger partial charge in [0.15, 0.2) is 0 Å². The van der Waals surface area contributed by atoms with Crippen LogP contribution in [0.3, 0.4) is 0 Å². The molecule has 1 saturated heterocycles. The van der Waals surface area contributed by atoms with E-state index in [1.54, 1.807) is 6.07 Å².